The normalized spacial score (nSPS) is 10.6. The molecule has 0 radical (unpaired) electrons. The average molecular weight is 281 g/mol. The number of benzene rings is 2. The maximum Gasteiger partial charge on any atom is 0.187 e. The van der Waals surface area contributed by atoms with Crippen LogP contribution in [0.15, 0.2) is 72.0 Å². The minimum absolute atomic E-state index is 0.827. The second-order valence-corrected chi connectivity index (χ2v) is 5.40. The molecule has 0 saturated heterocycles. The first kappa shape index (κ1) is 12.8. The van der Waals surface area contributed by atoms with Crippen LogP contribution in [0.1, 0.15) is 5.56 Å². The van der Waals surface area contributed by atoms with Crippen molar-refractivity contribution in [3.8, 4) is 11.3 Å². The van der Waals surface area contributed by atoms with Crippen LogP contribution in [0, 0.1) is 0 Å². The lowest BCUT2D eigenvalue weighted by Crippen LogP contribution is -2.07. The Labute approximate surface area is 122 Å². The molecular weight excluding hydrogens is 266 g/mol. The molecule has 3 aromatic rings. The largest absolute Gasteiger partial charge is 0.337 e. The highest BCUT2D eigenvalue weighted by Crippen LogP contribution is 2.25. The van der Waals surface area contributed by atoms with E-state index in [2.05, 4.69) is 17.1 Å². The van der Waals surface area contributed by atoms with Gasteiger partial charge in [0.1, 0.15) is 0 Å². The first-order valence-electron chi connectivity index (χ1n) is 6.39. The highest BCUT2D eigenvalue weighted by molar-refractivity contribution is 7.98. The molecule has 0 aliphatic heterocycles. The summed E-state index contributed by atoms with van der Waals surface area (Å²) < 4.78 is 1.59. The van der Waals surface area contributed by atoms with Gasteiger partial charge in [-0.05, 0) is 5.56 Å². The Bertz CT molecular complexity index is 677. The van der Waals surface area contributed by atoms with Gasteiger partial charge in [-0.3, -0.25) is 0 Å². The quantitative estimate of drug-likeness (QED) is 0.587. The Morgan fingerprint density at radius 1 is 0.950 bits per heavy atom. The maximum absolute atomic E-state index is 5.98. The molecule has 0 unspecified atom stereocenters. The van der Waals surface area contributed by atoms with Crippen molar-refractivity contribution >= 4 is 11.8 Å². The Kier molecular flexibility index (Phi) is 3.74. The third kappa shape index (κ3) is 2.86. The Balaban J connectivity index is 1.76. The Morgan fingerprint density at radius 2 is 1.60 bits per heavy atom. The first-order valence-corrected chi connectivity index (χ1v) is 7.38. The fourth-order valence-corrected chi connectivity index (χ4v) is 2.81. The number of hydrogen-bond donors (Lipinski definition) is 1. The summed E-state index contributed by atoms with van der Waals surface area (Å²) in [7, 11) is 0. The molecule has 0 saturated carbocycles. The number of nitrogens with zero attached hydrogens (tertiary/aromatic N) is 2. The molecule has 2 N–H and O–H groups in total. The van der Waals surface area contributed by atoms with E-state index in [1.165, 1.54) is 5.56 Å². The average Bonchev–Trinajstić information content (AvgIpc) is 2.88. The van der Waals surface area contributed by atoms with E-state index in [1.54, 1.807) is 16.4 Å². The van der Waals surface area contributed by atoms with Crippen molar-refractivity contribution in [1.29, 1.82) is 0 Å². The summed E-state index contributed by atoms with van der Waals surface area (Å²) in [5, 5.41) is 0.827. The highest BCUT2D eigenvalue weighted by atomic mass is 32.2. The lowest BCUT2D eigenvalue weighted by Gasteiger charge is -2.01. The summed E-state index contributed by atoms with van der Waals surface area (Å²) in [6.07, 6.45) is 1.86. The van der Waals surface area contributed by atoms with E-state index in [-0.39, 0.29) is 0 Å². The van der Waals surface area contributed by atoms with Crippen LogP contribution in [0.3, 0.4) is 0 Å². The Hall–Kier alpha value is -2.20. The van der Waals surface area contributed by atoms with Crippen molar-refractivity contribution in [3.05, 3.63) is 72.4 Å². The summed E-state index contributed by atoms with van der Waals surface area (Å²) in [5.41, 5.74) is 3.25. The van der Waals surface area contributed by atoms with E-state index >= 15 is 0 Å². The molecule has 1 heterocycles. The first-order chi connectivity index (χ1) is 9.83. The highest BCUT2D eigenvalue weighted by Gasteiger charge is 2.08. The minimum atomic E-state index is 0.827. The molecule has 4 heteroatoms. The van der Waals surface area contributed by atoms with Crippen LogP contribution in [-0.4, -0.2) is 9.66 Å². The number of hydrogen-bond acceptors (Lipinski definition) is 3. The van der Waals surface area contributed by atoms with Crippen molar-refractivity contribution < 1.29 is 0 Å². The van der Waals surface area contributed by atoms with Crippen molar-refractivity contribution in [1.82, 2.24) is 9.66 Å². The standard InChI is InChI=1S/C16H15N3S/c17-19-11-15(14-9-5-2-6-10-14)18-16(19)20-12-13-7-3-1-4-8-13/h1-11H,12,17H2. The van der Waals surface area contributed by atoms with Gasteiger partial charge in [-0.15, -0.1) is 0 Å². The zero-order chi connectivity index (χ0) is 13.8. The number of rotatable bonds is 4. The minimum Gasteiger partial charge on any atom is -0.337 e. The molecule has 1 aromatic heterocycles. The van der Waals surface area contributed by atoms with Crippen LogP contribution >= 0.6 is 11.8 Å². The van der Waals surface area contributed by atoms with Crippen LogP contribution in [-0.2, 0) is 5.75 Å². The molecule has 100 valence electrons. The molecule has 0 amide bonds. The summed E-state index contributed by atoms with van der Waals surface area (Å²) in [5.74, 6) is 6.84. The molecule has 3 rings (SSSR count). The van der Waals surface area contributed by atoms with Gasteiger partial charge in [0, 0.05) is 11.3 Å². The molecule has 3 nitrogen and oxygen atoms in total. The van der Waals surface area contributed by atoms with Gasteiger partial charge >= 0.3 is 0 Å². The van der Waals surface area contributed by atoms with Crippen molar-refractivity contribution in [2.45, 2.75) is 10.9 Å². The van der Waals surface area contributed by atoms with Crippen molar-refractivity contribution in [2.24, 2.45) is 0 Å². The van der Waals surface area contributed by atoms with E-state index in [4.69, 9.17) is 5.84 Å². The van der Waals surface area contributed by atoms with E-state index in [0.29, 0.717) is 0 Å². The molecule has 0 fully saturated rings. The number of nitrogen functional groups attached to an aromatic ring is 1. The van der Waals surface area contributed by atoms with Gasteiger partial charge in [-0.1, -0.05) is 72.4 Å². The number of nitrogens with two attached hydrogens (primary N) is 1. The van der Waals surface area contributed by atoms with Gasteiger partial charge in [0.25, 0.3) is 0 Å². The molecule has 20 heavy (non-hydrogen) atoms. The molecule has 0 aliphatic rings. The van der Waals surface area contributed by atoms with E-state index in [0.717, 1.165) is 22.2 Å². The smallest absolute Gasteiger partial charge is 0.187 e. The van der Waals surface area contributed by atoms with Crippen molar-refractivity contribution in [3.63, 3.8) is 0 Å². The summed E-state index contributed by atoms with van der Waals surface area (Å²) >= 11 is 1.64. The molecule has 0 atom stereocenters. The van der Waals surface area contributed by atoms with E-state index in [9.17, 15) is 0 Å². The monoisotopic (exact) mass is 281 g/mol. The van der Waals surface area contributed by atoms with E-state index in [1.807, 2.05) is 54.7 Å². The predicted molar refractivity (Wildman–Crippen MR) is 83.8 cm³/mol. The van der Waals surface area contributed by atoms with Crippen LogP contribution in [0.5, 0.6) is 0 Å². The fourth-order valence-electron chi connectivity index (χ4n) is 1.95. The summed E-state index contributed by atoms with van der Waals surface area (Å²) in [4.78, 5) is 4.60. The van der Waals surface area contributed by atoms with Gasteiger partial charge < -0.3 is 5.84 Å². The maximum atomic E-state index is 5.98. The molecular formula is C16H15N3S. The molecule has 2 aromatic carbocycles. The fraction of sp³-hybridized carbons (Fsp3) is 0.0625. The van der Waals surface area contributed by atoms with Crippen molar-refractivity contribution in [2.75, 3.05) is 5.84 Å². The van der Waals surface area contributed by atoms with Crippen LogP contribution in [0.2, 0.25) is 0 Å². The number of aromatic nitrogens is 2. The topological polar surface area (TPSA) is 43.8 Å². The van der Waals surface area contributed by atoms with Gasteiger partial charge in [0.05, 0.1) is 11.9 Å². The van der Waals surface area contributed by atoms with Crippen LogP contribution < -0.4 is 5.84 Å². The third-order valence-corrected chi connectivity index (χ3v) is 4.02. The Morgan fingerprint density at radius 3 is 2.30 bits per heavy atom. The van der Waals surface area contributed by atoms with Crippen LogP contribution in [0.25, 0.3) is 11.3 Å². The predicted octanol–water partition coefficient (Wildman–Crippen LogP) is 3.56. The van der Waals surface area contributed by atoms with E-state index < -0.39 is 0 Å². The summed E-state index contributed by atoms with van der Waals surface area (Å²) in [6, 6.07) is 20.4. The van der Waals surface area contributed by atoms with Crippen LogP contribution in [0.4, 0.5) is 0 Å². The lowest BCUT2D eigenvalue weighted by molar-refractivity contribution is 0.851. The molecule has 0 aliphatic carbocycles. The number of thioether (sulfide) groups is 1. The lowest BCUT2D eigenvalue weighted by atomic mass is 10.2. The zero-order valence-corrected chi connectivity index (χ0v) is 11.8. The zero-order valence-electron chi connectivity index (χ0n) is 10.9. The second-order valence-electron chi connectivity index (χ2n) is 4.46. The number of imidazole rings is 1. The SMILES string of the molecule is Nn1cc(-c2ccccc2)nc1SCc1ccccc1. The van der Waals surface area contributed by atoms with Gasteiger partial charge in [0.2, 0.25) is 0 Å². The molecule has 0 spiro atoms. The van der Waals surface area contributed by atoms with Gasteiger partial charge in [0.15, 0.2) is 5.16 Å². The summed E-state index contributed by atoms with van der Waals surface area (Å²) in [6.45, 7) is 0. The molecule has 0 bridgehead atoms. The third-order valence-electron chi connectivity index (χ3n) is 2.98. The van der Waals surface area contributed by atoms with Gasteiger partial charge in [-0.25, -0.2) is 9.66 Å². The second kappa shape index (κ2) is 5.84. The van der Waals surface area contributed by atoms with Gasteiger partial charge in [-0.2, -0.15) is 0 Å².